The minimum Gasteiger partial charge on any atom is -0.346 e. The molecule has 9 heteroatoms. The lowest BCUT2D eigenvalue weighted by atomic mass is 10.3. The van der Waals surface area contributed by atoms with Crippen molar-refractivity contribution in [2.45, 2.75) is 20.4 Å². The molecule has 27 heavy (non-hydrogen) atoms. The molecule has 4 rings (SSSR count). The Bertz CT molecular complexity index is 1190. The first-order chi connectivity index (χ1) is 13.0. The van der Waals surface area contributed by atoms with Crippen LogP contribution in [0.4, 0.5) is 0 Å². The van der Waals surface area contributed by atoms with Crippen molar-refractivity contribution in [2.75, 3.05) is 0 Å². The van der Waals surface area contributed by atoms with E-state index in [0.29, 0.717) is 33.3 Å². The van der Waals surface area contributed by atoms with Gasteiger partial charge in [0.05, 0.1) is 34.3 Å². The lowest BCUT2D eigenvalue weighted by Crippen LogP contribution is -2.25. The number of nitrogens with zero attached hydrogens (tertiary/aromatic N) is 4. The Hall–Kier alpha value is -3.33. The number of hydrogen-bond donors (Lipinski definition) is 2. The highest BCUT2D eigenvalue weighted by Gasteiger charge is 2.14. The molecule has 0 spiro atoms. The van der Waals surface area contributed by atoms with E-state index in [1.54, 1.807) is 19.2 Å². The second-order valence-corrected chi connectivity index (χ2v) is 7.20. The number of aryl methyl sites for hydroxylation is 2. The Kier molecular flexibility index (Phi) is 4.28. The van der Waals surface area contributed by atoms with Gasteiger partial charge in [0.2, 0.25) is 0 Å². The van der Waals surface area contributed by atoms with Crippen LogP contribution in [0.5, 0.6) is 0 Å². The van der Waals surface area contributed by atoms with E-state index in [-0.39, 0.29) is 18.0 Å². The summed E-state index contributed by atoms with van der Waals surface area (Å²) in [5.41, 5.74) is 2.81. The predicted octanol–water partition coefficient (Wildman–Crippen LogP) is 2.09. The molecule has 0 aliphatic rings. The van der Waals surface area contributed by atoms with Crippen molar-refractivity contribution in [1.82, 2.24) is 29.9 Å². The van der Waals surface area contributed by atoms with Crippen molar-refractivity contribution in [3.63, 3.8) is 0 Å². The summed E-state index contributed by atoms with van der Waals surface area (Å²) < 4.78 is 1.35. The quantitative estimate of drug-likeness (QED) is 0.564. The van der Waals surface area contributed by atoms with Crippen LogP contribution in [0.15, 0.2) is 41.3 Å². The molecule has 1 amide bonds. The smallest absolute Gasteiger partial charge is 0.272 e. The first-order valence-corrected chi connectivity index (χ1v) is 9.08. The summed E-state index contributed by atoms with van der Waals surface area (Å²) in [5, 5.41) is 6.63. The summed E-state index contributed by atoms with van der Waals surface area (Å²) in [6, 6.07) is 8.69. The normalized spacial score (nSPS) is 11.0. The minimum atomic E-state index is -0.253. The first kappa shape index (κ1) is 17.1. The third kappa shape index (κ3) is 3.36. The maximum atomic E-state index is 12.4. The fourth-order valence-corrected chi connectivity index (χ4v) is 3.61. The Labute approximate surface area is 157 Å². The maximum absolute atomic E-state index is 12.4. The molecule has 2 N–H and O–H groups in total. The summed E-state index contributed by atoms with van der Waals surface area (Å²) in [6.07, 6.45) is 1.68. The molecule has 4 aromatic rings. The second kappa shape index (κ2) is 6.76. The van der Waals surface area contributed by atoms with Gasteiger partial charge in [-0.3, -0.25) is 19.7 Å². The standard InChI is InChI=1S/C18H16N6O2S/c1-10-17(27-11(2)21-10)18(26)20-9-12-7-16(25)24-15(22-12)8-14(23-24)13-5-3-4-6-19-13/h3-8,23H,9H2,1-2H3,(H,20,26). The van der Waals surface area contributed by atoms with Crippen LogP contribution in [-0.2, 0) is 6.54 Å². The van der Waals surface area contributed by atoms with Gasteiger partial charge in [0.1, 0.15) is 4.88 Å². The molecule has 0 bridgehead atoms. The molecule has 0 radical (unpaired) electrons. The molecule has 0 aromatic carbocycles. The summed E-state index contributed by atoms with van der Waals surface area (Å²) in [5.74, 6) is -0.219. The molecule has 0 saturated heterocycles. The third-order valence-corrected chi connectivity index (χ3v) is 5.06. The van der Waals surface area contributed by atoms with Crippen LogP contribution in [0.3, 0.4) is 0 Å². The summed E-state index contributed by atoms with van der Waals surface area (Å²) in [7, 11) is 0. The van der Waals surface area contributed by atoms with Gasteiger partial charge < -0.3 is 5.32 Å². The van der Waals surface area contributed by atoms with Crippen LogP contribution in [0.2, 0.25) is 0 Å². The van der Waals surface area contributed by atoms with Crippen LogP contribution < -0.4 is 10.9 Å². The Balaban J connectivity index is 1.59. The maximum Gasteiger partial charge on any atom is 0.272 e. The van der Waals surface area contributed by atoms with Crippen molar-refractivity contribution in [3.05, 3.63) is 68.2 Å². The second-order valence-electron chi connectivity index (χ2n) is 5.99. The Morgan fingerprint density at radius 2 is 2.11 bits per heavy atom. The molecular weight excluding hydrogens is 364 g/mol. The Morgan fingerprint density at radius 3 is 2.81 bits per heavy atom. The van der Waals surface area contributed by atoms with E-state index in [1.165, 1.54) is 21.9 Å². The van der Waals surface area contributed by atoms with Gasteiger partial charge >= 0.3 is 0 Å². The lowest BCUT2D eigenvalue weighted by Gasteiger charge is -2.04. The van der Waals surface area contributed by atoms with Crippen LogP contribution in [-0.4, -0.2) is 30.5 Å². The zero-order valence-electron chi connectivity index (χ0n) is 14.7. The van der Waals surface area contributed by atoms with E-state index in [9.17, 15) is 9.59 Å². The lowest BCUT2D eigenvalue weighted by molar-refractivity contribution is 0.0953. The minimum absolute atomic E-state index is 0.158. The molecule has 4 heterocycles. The third-order valence-electron chi connectivity index (χ3n) is 3.98. The van der Waals surface area contributed by atoms with Crippen molar-refractivity contribution >= 4 is 22.9 Å². The number of carbonyl (C=O) groups is 1. The topological polar surface area (TPSA) is 105 Å². The number of thiazole rings is 1. The number of rotatable bonds is 4. The van der Waals surface area contributed by atoms with E-state index < -0.39 is 0 Å². The van der Waals surface area contributed by atoms with Gasteiger partial charge in [0.15, 0.2) is 5.65 Å². The van der Waals surface area contributed by atoms with Gasteiger partial charge in [-0.2, -0.15) is 0 Å². The van der Waals surface area contributed by atoms with Gasteiger partial charge in [-0.05, 0) is 26.0 Å². The van der Waals surface area contributed by atoms with E-state index in [0.717, 1.165) is 5.01 Å². The summed E-state index contributed by atoms with van der Waals surface area (Å²) >= 11 is 1.34. The van der Waals surface area contributed by atoms with Crippen LogP contribution in [0.1, 0.15) is 26.1 Å². The predicted molar refractivity (Wildman–Crippen MR) is 102 cm³/mol. The number of fused-ring (bicyclic) bond motifs is 1. The zero-order valence-corrected chi connectivity index (χ0v) is 15.5. The number of amides is 1. The monoisotopic (exact) mass is 380 g/mol. The van der Waals surface area contributed by atoms with Gasteiger partial charge in [0, 0.05) is 18.3 Å². The fraction of sp³-hybridized carbons (Fsp3) is 0.167. The number of aromatic nitrogens is 5. The van der Waals surface area contributed by atoms with Crippen molar-refractivity contribution in [2.24, 2.45) is 0 Å². The van der Waals surface area contributed by atoms with E-state index in [4.69, 9.17) is 0 Å². The van der Waals surface area contributed by atoms with Gasteiger partial charge in [-0.1, -0.05) is 6.07 Å². The van der Waals surface area contributed by atoms with Crippen molar-refractivity contribution in [1.29, 1.82) is 0 Å². The van der Waals surface area contributed by atoms with E-state index in [1.807, 2.05) is 25.1 Å². The number of H-pyrrole nitrogens is 1. The Morgan fingerprint density at radius 1 is 1.26 bits per heavy atom. The van der Waals surface area contributed by atoms with Crippen LogP contribution in [0.25, 0.3) is 17.0 Å². The molecule has 4 aromatic heterocycles. The number of aromatic amines is 1. The van der Waals surface area contributed by atoms with Crippen LogP contribution in [0, 0.1) is 13.8 Å². The summed E-state index contributed by atoms with van der Waals surface area (Å²) in [6.45, 7) is 3.81. The number of hydrogen-bond acceptors (Lipinski definition) is 6. The highest BCUT2D eigenvalue weighted by molar-refractivity contribution is 7.13. The largest absolute Gasteiger partial charge is 0.346 e. The molecule has 0 unspecified atom stereocenters. The number of carbonyl (C=O) groups excluding carboxylic acids is 1. The van der Waals surface area contributed by atoms with Gasteiger partial charge in [-0.25, -0.2) is 14.5 Å². The number of nitrogens with one attached hydrogen (secondary N) is 2. The molecule has 8 nitrogen and oxygen atoms in total. The SMILES string of the molecule is Cc1nc(C)c(C(=O)NCc2cc(=O)n3[nH]c(-c4ccccn4)cc3n2)s1. The van der Waals surface area contributed by atoms with E-state index in [2.05, 4.69) is 25.4 Å². The first-order valence-electron chi connectivity index (χ1n) is 8.26. The molecule has 0 aliphatic heterocycles. The van der Waals surface area contributed by atoms with Crippen molar-refractivity contribution < 1.29 is 4.79 Å². The van der Waals surface area contributed by atoms with Gasteiger partial charge in [-0.15, -0.1) is 11.3 Å². The molecule has 0 saturated carbocycles. The molecule has 0 atom stereocenters. The molecule has 0 fully saturated rings. The highest BCUT2D eigenvalue weighted by Crippen LogP contribution is 2.17. The summed E-state index contributed by atoms with van der Waals surface area (Å²) in [4.78, 5) is 38.2. The molecule has 0 aliphatic carbocycles. The van der Waals surface area contributed by atoms with Crippen LogP contribution >= 0.6 is 11.3 Å². The molecular formula is C18H16N6O2S. The van der Waals surface area contributed by atoms with E-state index >= 15 is 0 Å². The molecule has 136 valence electrons. The fourth-order valence-electron chi connectivity index (χ4n) is 2.78. The zero-order chi connectivity index (χ0) is 19.0. The van der Waals surface area contributed by atoms with Gasteiger partial charge in [0.25, 0.3) is 11.5 Å². The number of pyridine rings is 1. The average Bonchev–Trinajstić information content (AvgIpc) is 3.23. The highest BCUT2D eigenvalue weighted by atomic mass is 32.1. The average molecular weight is 380 g/mol. The van der Waals surface area contributed by atoms with Crippen molar-refractivity contribution in [3.8, 4) is 11.4 Å².